The van der Waals surface area contributed by atoms with Crippen molar-refractivity contribution >= 4 is 11.8 Å². The highest BCUT2D eigenvalue weighted by Gasteiger charge is 2.32. The summed E-state index contributed by atoms with van der Waals surface area (Å²) < 4.78 is 1.84. The number of nitrogens with one attached hydrogen (secondary N) is 1. The number of aliphatic carboxylic acids is 1. The third-order valence-electron chi connectivity index (χ3n) is 2.89. The van der Waals surface area contributed by atoms with E-state index in [0.717, 1.165) is 9.25 Å². The Morgan fingerprint density at radius 1 is 1.44 bits per heavy atom. The van der Waals surface area contributed by atoms with Gasteiger partial charge in [-0.15, -0.1) is 5.10 Å². The first-order chi connectivity index (χ1) is 8.23. The molecule has 1 heterocycles. The van der Waals surface area contributed by atoms with Gasteiger partial charge in [0, 0.05) is 14.1 Å². The molecule has 0 bridgehead atoms. The number of anilines is 1. The summed E-state index contributed by atoms with van der Waals surface area (Å²) in [4.78, 5) is 34.4. The minimum atomic E-state index is -1.31. The van der Waals surface area contributed by atoms with Crippen LogP contribution in [0.2, 0.25) is 0 Å². The second kappa shape index (κ2) is 4.63. The third-order valence-corrected chi connectivity index (χ3v) is 2.89. The van der Waals surface area contributed by atoms with Crippen LogP contribution < -0.4 is 16.6 Å². The van der Waals surface area contributed by atoms with Gasteiger partial charge in [-0.3, -0.25) is 9.36 Å². The monoisotopic (exact) mass is 256 g/mol. The molecule has 0 saturated carbocycles. The zero-order chi connectivity index (χ0) is 14.1. The molecule has 0 radical (unpaired) electrons. The van der Waals surface area contributed by atoms with E-state index in [1.807, 2.05) is 0 Å². The number of nitrogens with zero attached hydrogens (tertiary/aromatic N) is 3. The molecule has 2 N–H and O–H groups in total. The van der Waals surface area contributed by atoms with Crippen molar-refractivity contribution in [2.45, 2.75) is 25.8 Å². The van der Waals surface area contributed by atoms with Crippen LogP contribution in [0.15, 0.2) is 9.59 Å². The van der Waals surface area contributed by atoms with Gasteiger partial charge in [-0.2, -0.15) is 0 Å². The van der Waals surface area contributed by atoms with Gasteiger partial charge < -0.3 is 10.4 Å². The molecular formula is C10H16N4O4. The molecule has 0 spiro atoms. The maximum Gasteiger partial charge on any atom is 0.346 e. The van der Waals surface area contributed by atoms with E-state index in [1.54, 1.807) is 6.92 Å². The zero-order valence-electron chi connectivity index (χ0n) is 10.7. The van der Waals surface area contributed by atoms with Gasteiger partial charge in [0.1, 0.15) is 5.54 Å². The molecule has 0 amide bonds. The molecule has 1 aromatic rings. The fourth-order valence-electron chi connectivity index (χ4n) is 1.33. The van der Waals surface area contributed by atoms with Crippen molar-refractivity contribution in [3.8, 4) is 0 Å². The lowest BCUT2D eigenvalue weighted by Crippen LogP contribution is -2.47. The summed E-state index contributed by atoms with van der Waals surface area (Å²) in [6.07, 6.45) is 0.260. The van der Waals surface area contributed by atoms with Gasteiger partial charge in [0.25, 0.3) is 5.56 Å². The minimum absolute atomic E-state index is 0.161. The van der Waals surface area contributed by atoms with Gasteiger partial charge in [-0.05, 0) is 13.3 Å². The molecule has 1 unspecified atom stereocenters. The Kier molecular flexibility index (Phi) is 3.59. The second-order valence-electron chi connectivity index (χ2n) is 4.23. The number of rotatable bonds is 4. The average molecular weight is 256 g/mol. The minimum Gasteiger partial charge on any atom is -0.480 e. The summed E-state index contributed by atoms with van der Waals surface area (Å²) in [5, 5.41) is 15.4. The van der Waals surface area contributed by atoms with Crippen LogP contribution in [0.5, 0.6) is 0 Å². The molecule has 0 saturated heterocycles. The first-order valence-corrected chi connectivity index (χ1v) is 5.39. The molecule has 0 fully saturated rings. The molecule has 0 aliphatic carbocycles. The Labute approximate surface area is 103 Å². The molecule has 8 heteroatoms. The van der Waals surface area contributed by atoms with Crippen molar-refractivity contribution < 1.29 is 9.90 Å². The van der Waals surface area contributed by atoms with Crippen LogP contribution in [0.1, 0.15) is 20.3 Å². The molecule has 18 heavy (non-hydrogen) atoms. The molecule has 1 rings (SSSR count). The van der Waals surface area contributed by atoms with Gasteiger partial charge in [0.15, 0.2) is 0 Å². The highest BCUT2D eigenvalue weighted by atomic mass is 16.4. The smallest absolute Gasteiger partial charge is 0.346 e. The van der Waals surface area contributed by atoms with E-state index >= 15 is 0 Å². The van der Waals surface area contributed by atoms with Gasteiger partial charge >= 0.3 is 11.7 Å². The van der Waals surface area contributed by atoms with E-state index < -0.39 is 22.8 Å². The van der Waals surface area contributed by atoms with Crippen LogP contribution in [-0.2, 0) is 18.9 Å². The fourth-order valence-corrected chi connectivity index (χ4v) is 1.33. The van der Waals surface area contributed by atoms with Gasteiger partial charge in [-0.25, -0.2) is 14.3 Å². The van der Waals surface area contributed by atoms with Gasteiger partial charge in [0.05, 0.1) is 0 Å². The second-order valence-corrected chi connectivity index (χ2v) is 4.23. The predicted octanol–water partition coefficient (Wildman–Crippen LogP) is -0.856. The van der Waals surface area contributed by atoms with E-state index in [1.165, 1.54) is 21.0 Å². The first kappa shape index (κ1) is 13.9. The Morgan fingerprint density at radius 2 is 2.00 bits per heavy atom. The summed E-state index contributed by atoms with van der Waals surface area (Å²) in [6.45, 7) is 3.12. The van der Waals surface area contributed by atoms with Crippen molar-refractivity contribution in [1.29, 1.82) is 0 Å². The summed E-state index contributed by atoms with van der Waals surface area (Å²) in [7, 11) is 2.69. The zero-order valence-corrected chi connectivity index (χ0v) is 10.7. The van der Waals surface area contributed by atoms with Crippen molar-refractivity contribution in [3.05, 3.63) is 20.8 Å². The number of aryl methyl sites for hydroxylation is 1. The molecule has 0 aliphatic rings. The Morgan fingerprint density at radius 3 is 2.44 bits per heavy atom. The highest BCUT2D eigenvalue weighted by molar-refractivity contribution is 5.81. The van der Waals surface area contributed by atoms with E-state index in [0.29, 0.717) is 0 Å². The number of carboxylic acid groups (broad SMARTS) is 1. The molecule has 100 valence electrons. The fraction of sp³-hybridized carbons (Fsp3) is 0.600. The number of carbonyl (C=O) groups is 1. The van der Waals surface area contributed by atoms with E-state index in [2.05, 4.69) is 10.4 Å². The lowest BCUT2D eigenvalue weighted by Gasteiger charge is -2.24. The van der Waals surface area contributed by atoms with E-state index in [9.17, 15) is 14.4 Å². The topological polar surface area (TPSA) is 106 Å². The average Bonchev–Trinajstić information content (AvgIpc) is 2.32. The molecule has 0 aliphatic heterocycles. The van der Waals surface area contributed by atoms with Crippen LogP contribution in [-0.4, -0.2) is 31.0 Å². The van der Waals surface area contributed by atoms with Gasteiger partial charge in [0.2, 0.25) is 5.82 Å². The quantitative estimate of drug-likeness (QED) is 0.726. The van der Waals surface area contributed by atoms with Crippen LogP contribution in [0, 0.1) is 0 Å². The summed E-state index contributed by atoms with van der Waals surface area (Å²) in [5.74, 6) is -1.26. The van der Waals surface area contributed by atoms with Crippen molar-refractivity contribution in [2.75, 3.05) is 5.32 Å². The van der Waals surface area contributed by atoms with E-state index in [4.69, 9.17) is 5.11 Å². The number of aromatic nitrogens is 3. The maximum absolute atomic E-state index is 11.8. The van der Waals surface area contributed by atoms with Crippen molar-refractivity contribution in [1.82, 2.24) is 14.3 Å². The number of hydrogen-bond acceptors (Lipinski definition) is 5. The largest absolute Gasteiger partial charge is 0.480 e. The Bertz CT molecular complexity index is 589. The normalized spacial score (nSPS) is 14.0. The lowest BCUT2D eigenvalue weighted by molar-refractivity contribution is -0.141. The molecule has 0 aromatic carbocycles. The summed E-state index contributed by atoms with van der Waals surface area (Å²) in [6, 6.07) is 0. The highest BCUT2D eigenvalue weighted by Crippen LogP contribution is 2.14. The molecule has 1 aromatic heterocycles. The van der Waals surface area contributed by atoms with Crippen molar-refractivity contribution in [3.63, 3.8) is 0 Å². The maximum atomic E-state index is 11.8. The summed E-state index contributed by atoms with van der Waals surface area (Å²) >= 11 is 0. The Balaban J connectivity index is 3.33. The van der Waals surface area contributed by atoms with Crippen LogP contribution in [0.25, 0.3) is 0 Å². The van der Waals surface area contributed by atoms with E-state index in [-0.39, 0.29) is 12.2 Å². The number of hydrogen-bond donors (Lipinski definition) is 2. The first-order valence-electron chi connectivity index (χ1n) is 5.39. The summed E-state index contributed by atoms with van der Waals surface area (Å²) in [5.41, 5.74) is -2.53. The van der Waals surface area contributed by atoms with Crippen LogP contribution in [0.3, 0.4) is 0 Å². The molecule has 1 atom stereocenters. The van der Waals surface area contributed by atoms with Gasteiger partial charge in [-0.1, -0.05) is 6.92 Å². The standard InChI is InChI=1S/C10H16N4O4/c1-5-10(2,8(16)17)11-6-7(15)13(3)9(18)14(4)12-6/h5H2,1-4H3,(H,11,12)(H,16,17). The van der Waals surface area contributed by atoms with Crippen molar-refractivity contribution in [2.24, 2.45) is 14.1 Å². The lowest BCUT2D eigenvalue weighted by atomic mass is 9.99. The molecule has 8 nitrogen and oxygen atoms in total. The van der Waals surface area contributed by atoms with Crippen LogP contribution >= 0.6 is 0 Å². The predicted molar refractivity (Wildman–Crippen MR) is 64.7 cm³/mol. The Hall–Kier alpha value is -2.12. The SMILES string of the molecule is CCC(C)(Nc1nn(C)c(=O)n(C)c1=O)C(=O)O. The number of carboxylic acids is 1. The molecular weight excluding hydrogens is 240 g/mol. The third kappa shape index (κ3) is 2.27. The van der Waals surface area contributed by atoms with Crippen LogP contribution in [0.4, 0.5) is 5.82 Å².